The molecule has 1 aliphatic heterocycles. The molecule has 1 saturated heterocycles. The van der Waals surface area contributed by atoms with Gasteiger partial charge in [-0.15, -0.1) is 0 Å². The summed E-state index contributed by atoms with van der Waals surface area (Å²) in [7, 11) is 0. The number of ether oxygens (including phenoxy) is 2. The molecule has 14 heteroatoms. The fourth-order valence-corrected chi connectivity index (χ4v) is 5.33. The van der Waals surface area contributed by atoms with Crippen LogP contribution in [-0.2, 0) is 4.74 Å². The molecule has 11 nitrogen and oxygen atoms in total. The van der Waals surface area contributed by atoms with Crippen LogP contribution >= 0.6 is 11.6 Å². The minimum atomic E-state index is -0.810. The highest BCUT2D eigenvalue weighted by Gasteiger charge is 2.19. The largest absolute Gasteiger partial charge is 0.454 e. The Morgan fingerprint density at radius 2 is 1.79 bits per heavy atom. The zero-order valence-electron chi connectivity index (χ0n) is 25.4. The Kier molecular flexibility index (Phi) is 9.99. The molecule has 1 fully saturated rings. The number of hydrogen-bond donors (Lipinski definition) is 2. The number of nitrogens with one attached hydrogen (secondary N) is 2. The number of carbonyl (C=O) groups is 2. The minimum absolute atomic E-state index is 0.0544. The van der Waals surface area contributed by atoms with Crippen LogP contribution in [0.3, 0.4) is 0 Å². The quantitative estimate of drug-likeness (QED) is 0.193. The highest BCUT2D eigenvalue weighted by Crippen LogP contribution is 2.28. The molecule has 0 bridgehead atoms. The van der Waals surface area contributed by atoms with Crippen LogP contribution in [0.4, 0.5) is 14.5 Å². The number of anilines is 1. The van der Waals surface area contributed by atoms with Crippen molar-refractivity contribution in [1.82, 2.24) is 24.8 Å². The molecule has 0 radical (unpaired) electrons. The number of morpholine rings is 1. The van der Waals surface area contributed by atoms with E-state index in [4.69, 9.17) is 21.1 Å². The van der Waals surface area contributed by atoms with Gasteiger partial charge in [0, 0.05) is 61.7 Å². The summed E-state index contributed by atoms with van der Waals surface area (Å²) in [4.78, 5) is 49.8. The van der Waals surface area contributed by atoms with Gasteiger partial charge in [-0.25, -0.2) is 13.8 Å². The topological polar surface area (TPSA) is 128 Å². The van der Waals surface area contributed by atoms with Crippen molar-refractivity contribution in [3.05, 3.63) is 117 Å². The number of fused-ring (bicyclic) bond motifs is 1. The smallest absolute Gasteiger partial charge is 0.270 e. The predicted molar refractivity (Wildman–Crippen MR) is 175 cm³/mol. The summed E-state index contributed by atoms with van der Waals surface area (Å²) < 4.78 is 41.5. The lowest BCUT2D eigenvalue weighted by molar-refractivity contribution is 0.0374. The van der Waals surface area contributed by atoms with Crippen molar-refractivity contribution in [3.63, 3.8) is 0 Å². The van der Waals surface area contributed by atoms with Crippen molar-refractivity contribution in [1.29, 1.82) is 0 Å². The van der Waals surface area contributed by atoms with E-state index in [0.717, 1.165) is 38.2 Å². The van der Waals surface area contributed by atoms with Crippen LogP contribution in [0, 0.1) is 11.6 Å². The van der Waals surface area contributed by atoms with Crippen LogP contribution in [0.2, 0.25) is 5.02 Å². The molecule has 0 unspecified atom stereocenters. The van der Waals surface area contributed by atoms with Gasteiger partial charge in [-0.3, -0.25) is 24.3 Å². The van der Waals surface area contributed by atoms with Crippen molar-refractivity contribution in [2.24, 2.45) is 0 Å². The van der Waals surface area contributed by atoms with E-state index >= 15 is 4.39 Å². The first-order chi connectivity index (χ1) is 23.3. The lowest BCUT2D eigenvalue weighted by Gasteiger charge is -2.26. The third kappa shape index (κ3) is 7.49. The van der Waals surface area contributed by atoms with E-state index in [1.54, 1.807) is 6.07 Å². The molecule has 48 heavy (non-hydrogen) atoms. The standard InChI is InChI=1S/C34H29ClF2N6O5/c35-26-18-22(5-6-27(26)36)43-20-25(31(44)24-3-1-9-39-32(24)43)33(45)41-21-4-7-30(28(37)17-21)48-23-8-11-38-29(19-23)34(46)40-10-2-12-42-13-15-47-16-14-42/h1,3-9,11,17-20H,2,10,12-16H2,(H,40,46)(H,41,45). The Morgan fingerprint density at radius 3 is 2.58 bits per heavy atom. The molecule has 6 rings (SSSR count). The molecule has 0 spiro atoms. The van der Waals surface area contributed by atoms with Gasteiger partial charge in [-0.05, 0) is 61.5 Å². The molecule has 2 aromatic carbocycles. The van der Waals surface area contributed by atoms with Gasteiger partial charge in [0.1, 0.15) is 28.5 Å². The van der Waals surface area contributed by atoms with Gasteiger partial charge in [0.15, 0.2) is 11.6 Å². The fourth-order valence-electron chi connectivity index (χ4n) is 5.16. The van der Waals surface area contributed by atoms with Crippen molar-refractivity contribution < 1.29 is 27.8 Å². The first-order valence-electron chi connectivity index (χ1n) is 15.1. The molecule has 0 saturated carbocycles. The number of hydrogen-bond acceptors (Lipinski definition) is 8. The zero-order chi connectivity index (χ0) is 33.6. The monoisotopic (exact) mass is 674 g/mol. The van der Waals surface area contributed by atoms with E-state index < -0.39 is 23.0 Å². The summed E-state index contributed by atoms with van der Waals surface area (Å²) in [5, 5.41) is 5.36. The Balaban J connectivity index is 1.13. The van der Waals surface area contributed by atoms with Gasteiger partial charge in [-0.2, -0.15) is 0 Å². The molecule has 1 aliphatic rings. The molecular formula is C34H29ClF2N6O5. The number of aromatic nitrogens is 3. The van der Waals surface area contributed by atoms with Crippen molar-refractivity contribution in [3.8, 4) is 17.2 Å². The number of rotatable bonds is 10. The predicted octanol–water partition coefficient (Wildman–Crippen LogP) is 5.21. The number of pyridine rings is 3. The zero-order valence-corrected chi connectivity index (χ0v) is 26.2. The van der Waals surface area contributed by atoms with E-state index in [-0.39, 0.29) is 50.4 Å². The average Bonchev–Trinajstić information content (AvgIpc) is 3.10. The molecule has 5 aromatic rings. The number of halogens is 3. The molecule has 3 aromatic heterocycles. The summed E-state index contributed by atoms with van der Waals surface area (Å²) in [5.74, 6) is -2.61. The van der Waals surface area contributed by atoms with Gasteiger partial charge in [0.05, 0.1) is 23.6 Å². The second-order valence-electron chi connectivity index (χ2n) is 10.9. The molecule has 2 N–H and O–H groups in total. The highest BCUT2D eigenvalue weighted by molar-refractivity contribution is 6.30. The maximum Gasteiger partial charge on any atom is 0.270 e. The van der Waals surface area contributed by atoms with Crippen molar-refractivity contribution in [2.75, 3.05) is 44.7 Å². The van der Waals surface area contributed by atoms with Crippen molar-refractivity contribution >= 4 is 40.1 Å². The van der Waals surface area contributed by atoms with Gasteiger partial charge < -0.3 is 24.7 Å². The van der Waals surface area contributed by atoms with Gasteiger partial charge in [-0.1, -0.05) is 11.6 Å². The van der Waals surface area contributed by atoms with Gasteiger partial charge in [0.2, 0.25) is 5.43 Å². The first kappa shape index (κ1) is 32.7. The fraction of sp³-hybridized carbons (Fsp3) is 0.206. The lowest BCUT2D eigenvalue weighted by Crippen LogP contribution is -2.38. The Hall–Kier alpha value is -5.24. The number of amides is 2. The summed E-state index contributed by atoms with van der Waals surface area (Å²) in [6, 6.07) is 13.6. The molecular weight excluding hydrogens is 646 g/mol. The number of nitrogens with zero attached hydrogens (tertiary/aromatic N) is 4. The molecule has 4 heterocycles. The van der Waals surface area contributed by atoms with E-state index in [1.165, 1.54) is 65.6 Å². The molecule has 0 aliphatic carbocycles. The van der Waals surface area contributed by atoms with E-state index in [9.17, 15) is 18.8 Å². The second-order valence-corrected chi connectivity index (χ2v) is 11.3. The van der Waals surface area contributed by atoms with Crippen LogP contribution in [0.25, 0.3) is 16.7 Å². The molecule has 0 atom stereocenters. The first-order valence-corrected chi connectivity index (χ1v) is 15.4. The molecule has 246 valence electrons. The minimum Gasteiger partial charge on any atom is -0.454 e. The Bertz CT molecular complexity index is 2050. The van der Waals surface area contributed by atoms with Gasteiger partial charge in [0.25, 0.3) is 11.8 Å². The second kappa shape index (κ2) is 14.7. The third-order valence-corrected chi connectivity index (χ3v) is 7.90. The number of carbonyl (C=O) groups excluding carboxylic acids is 2. The highest BCUT2D eigenvalue weighted by atomic mass is 35.5. The Morgan fingerprint density at radius 1 is 0.958 bits per heavy atom. The van der Waals surface area contributed by atoms with Crippen LogP contribution in [-0.4, -0.2) is 70.6 Å². The van der Waals surface area contributed by atoms with Crippen LogP contribution in [0.5, 0.6) is 11.5 Å². The van der Waals surface area contributed by atoms with Crippen LogP contribution < -0.4 is 20.8 Å². The van der Waals surface area contributed by atoms with Gasteiger partial charge >= 0.3 is 0 Å². The number of benzene rings is 2. The summed E-state index contributed by atoms with van der Waals surface area (Å²) in [5.41, 5.74) is -0.0985. The lowest BCUT2D eigenvalue weighted by atomic mass is 10.1. The van der Waals surface area contributed by atoms with Crippen LogP contribution in [0.15, 0.2) is 84.0 Å². The Labute approximate surface area is 278 Å². The summed E-state index contributed by atoms with van der Waals surface area (Å²) >= 11 is 5.98. The molecule has 2 amide bonds. The normalized spacial score (nSPS) is 13.3. The van der Waals surface area contributed by atoms with E-state index in [0.29, 0.717) is 25.4 Å². The third-order valence-electron chi connectivity index (χ3n) is 7.61. The maximum absolute atomic E-state index is 15.1. The van der Waals surface area contributed by atoms with E-state index in [2.05, 4.69) is 25.5 Å². The van der Waals surface area contributed by atoms with Crippen LogP contribution in [0.1, 0.15) is 27.3 Å². The van der Waals surface area contributed by atoms with E-state index in [1.807, 2.05) is 0 Å². The summed E-state index contributed by atoms with van der Waals surface area (Å²) in [6.45, 7) is 4.48. The SMILES string of the molecule is O=C(NCCCN1CCOCC1)c1cc(Oc2ccc(NC(=O)c3cn(-c4ccc(F)c(Cl)c4)c4ncccc4c3=O)cc2F)ccn1. The maximum atomic E-state index is 15.1. The van der Waals surface area contributed by atoms with Crippen molar-refractivity contribution in [2.45, 2.75) is 6.42 Å². The average molecular weight is 675 g/mol. The summed E-state index contributed by atoms with van der Waals surface area (Å²) in [6.07, 6.45) is 4.90.